The van der Waals surface area contributed by atoms with Crippen molar-refractivity contribution in [2.75, 3.05) is 5.32 Å². The quantitative estimate of drug-likeness (QED) is 0.705. The number of aromatic amines is 1. The molecule has 9 heteroatoms. The van der Waals surface area contributed by atoms with Crippen LogP contribution in [-0.2, 0) is 0 Å². The van der Waals surface area contributed by atoms with Crippen LogP contribution in [0.1, 0.15) is 10.4 Å². The highest BCUT2D eigenvalue weighted by molar-refractivity contribution is 6.31. The number of nitrogens with one attached hydrogen (secondary N) is 2. The molecule has 1 amide bonds. The molecule has 0 fully saturated rings. The van der Waals surface area contributed by atoms with Crippen molar-refractivity contribution in [1.29, 1.82) is 0 Å². The van der Waals surface area contributed by atoms with Crippen LogP contribution in [0.5, 0.6) is 0 Å². The average Bonchev–Trinajstić information content (AvgIpc) is 2.88. The van der Waals surface area contributed by atoms with Crippen LogP contribution in [0.25, 0.3) is 11.0 Å². The lowest BCUT2D eigenvalue weighted by molar-refractivity contribution is 0.102. The molecule has 4 nitrogen and oxygen atoms in total. The lowest BCUT2D eigenvalue weighted by Crippen LogP contribution is -2.13. The molecule has 0 bridgehead atoms. The van der Waals surface area contributed by atoms with E-state index in [4.69, 9.17) is 23.2 Å². The molecule has 2 N–H and O–H groups in total. The zero-order valence-corrected chi connectivity index (χ0v) is 12.6. The highest BCUT2D eigenvalue weighted by Crippen LogP contribution is 2.26. The number of anilines is 1. The first-order valence-electron chi connectivity index (χ1n) is 6.16. The minimum atomic E-state index is -1.25. The Labute approximate surface area is 137 Å². The summed E-state index contributed by atoms with van der Waals surface area (Å²) >= 11 is 11.3. The summed E-state index contributed by atoms with van der Waals surface area (Å²) in [5.74, 6) is -3.88. The molecule has 0 aliphatic heterocycles. The number of imidazole rings is 1. The normalized spacial score (nSPS) is 11.0. The average molecular weight is 360 g/mol. The van der Waals surface area contributed by atoms with E-state index in [0.717, 1.165) is 6.07 Å². The summed E-state index contributed by atoms with van der Waals surface area (Å²) in [7, 11) is 0. The fraction of sp³-hybridized carbons (Fsp3) is 0. The molecule has 1 heterocycles. The van der Waals surface area contributed by atoms with Gasteiger partial charge in [0.15, 0.2) is 11.6 Å². The van der Waals surface area contributed by atoms with Crippen molar-refractivity contribution in [3.8, 4) is 0 Å². The highest BCUT2D eigenvalue weighted by Gasteiger charge is 2.20. The molecular weight excluding hydrogens is 354 g/mol. The van der Waals surface area contributed by atoms with Gasteiger partial charge in [0.1, 0.15) is 11.3 Å². The van der Waals surface area contributed by atoms with Gasteiger partial charge in [0, 0.05) is 5.69 Å². The zero-order valence-electron chi connectivity index (χ0n) is 11.1. The lowest BCUT2D eigenvalue weighted by atomic mass is 10.1. The molecule has 3 aromatic rings. The molecular formula is C14H6Cl2F3N3O. The molecule has 0 saturated heterocycles. The number of halogens is 5. The summed E-state index contributed by atoms with van der Waals surface area (Å²) in [6.07, 6.45) is 0. The third-order valence-corrected chi connectivity index (χ3v) is 3.52. The smallest absolute Gasteiger partial charge is 0.257 e. The predicted octanol–water partition coefficient (Wildman–Crippen LogP) is 4.54. The summed E-state index contributed by atoms with van der Waals surface area (Å²) < 4.78 is 40.4. The Hall–Kier alpha value is -2.25. The van der Waals surface area contributed by atoms with E-state index in [-0.39, 0.29) is 27.1 Å². The number of aromatic nitrogens is 2. The number of hydrogen-bond acceptors (Lipinski definition) is 2. The number of fused-ring (bicyclic) bond motifs is 1. The van der Waals surface area contributed by atoms with E-state index in [1.807, 2.05) is 0 Å². The Bertz CT molecular complexity index is 943. The van der Waals surface area contributed by atoms with Gasteiger partial charge in [0.25, 0.3) is 5.91 Å². The van der Waals surface area contributed by atoms with E-state index in [2.05, 4.69) is 15.3 Å². The van der Waals surface area contributed by atoms with Crippen LogP contribution in [0.2, 0.25) is 10.3 Å². The van der Waals surface area contributed by atoms with Gasteiger partial charge in [-0.2, -0.15) is 0 Å². The largest absolute Gasteiger partial charge is 0.328 e. The van der Waals surface area contributed by atoms with Crippen molar-refractivity contribution in [3.63, 3.8) is 0 Å². The molecule has 0 saturated carbocycles. The number of carbonyl (C=O) groups excluding carboxylic acids is 1. The first-order valence-corrected chi connectivity index (χ1v) is 6.92. The van der Waals surface area contributed by atoms with Crippen molar-refractivity contribution in [1.82, 2.24) is 9.97 Å². The SMILES string of the molecule is O=C(Nc1ccc(F)c(Cl)c1)c1cc(F)c(F)c2nc(Cl)[nH]c12. The van der Waals surface area contributed by atoms with Crippen molar-refractivity contribution in [2.24, 2.45) is 0 Å². The lowest BCUT2D eigenvalue weighted by Gasteiger charge is -2.07. The van der Waals surface area contributed by atoms with E-state index >= 15 is 0 Å². The van der Waals surface area contributed by atoms with Gasteiger partial charge in [0.2, 0.25) is 5.28 Å². The molecule has 1 aromatic heterocycles. The summed E-state index contributed by atoms with van der Waals surface area (Å²) in [5, 5.41) is 2.02. The summed E-state index contributed by atoms with van der Waals surface area (Å²) in [6, 6.07) is 4.24. The fourth-order valence-corrected chi connectivity index (χ4v) is 2.38. The Morgan fingerprint density at radius 3 is 2.57 bits per heavy atom. The summed E-state index contributed by atoms with van der Waals surface area (Å²) in [4.78, 5) is 18.3. The molecule has 2 aromatic carbocycles. The van der Waals surface area contributed by atoms with Crippen LogP contribution in [-0.4, -0.2) is 15.9 Å². The number of amides is 1. The first-order chi connectivity index (χ1) is 10.9. The Balaban J connectivity index is 2.04. The van der Waals surface area contributed by atoms with Gasteiger partial charge in [-0.1, -0.05) is 11.6 Å². The molecule has 0 atom stereocenters. The molecule has 0 radical (unpaired) electrons. The molecule has 0 aliphatic rings. The van der Waals surface area contributed by atoms with E-state index in [0.29, 0.717) is 6.07 Å². The zero-order chi connectivity index (χ0) is 16.7. The van der Waals surface area contributed by atoms with Crippen molar-refractivity contribution in [2.45, 2.75) is 0 Å². The maximum Gasteiger partial charge on any atom is 0.257 e. The molecule has 23 heavy (non-hydrogen) atoms. The van der Waals surface area contributed by atoms with Crippen molar-refractivity contribution >= 4 is 45.8 Å². The Morgan fingerprint density at radius 2 is 1.87 bits per heavy atom. The number of H-pyrrole nitrogens is 1. The second-order valence-electron chi connectivity index (χ2n) is 4.55. The molecule has 0 unspecified atom stereocenters. The Morgan fingerprint density at radius 1 is 1.13 bits per heavy atom. The third kappa shape index (κ3) is 2.85. The van der Waals surface area contributed by atoms with Crippen LogP contribution < -0.4 is 5.32 Å². The van der Waals surface area contributed by atoms with E-state index < -0.39 is 28.9 Å². The highest BCUT2D eigenvalue weighted by atomic mass is 35.5. The standard InChI is InChI=1S/C14H6Cl2F3N3O/c15-7-3-5(1-2-8(7)17)20-13(23)6-4-9(18)10(19)12-11(6)21-14(16)22-12/h1-4H,(H,20,23)(H,21,22). The number of nitrogens with zero attached hydrogens (tertiary/aromatic N) is 1. The molecule has 3 rings (SSSR count). The van der Waals surface area contributed by atoms with Gasteiger partial charge in [-0.15, -0.1) is 0 Å². The summed E-state index contributed by atoms with van der Waals surface area (Å²) in [5.41, 5.74) is -0.472. The summed E-state index contributed by atoms with van der Waals surface area (Å²) in [6.45, 7) is 0. The van der Waals surface area contributed by atoms with Gasteiger partial charge in [0.05, 0.1) is 16.1 Å². The minimum Gasteiger partial charge on any atom is -0.328 e. The number of benzene rings is 2. The van der Waals surface area contributed by atoms with Gasteiger partial charge in [-0.05, 0) is 35.9 Å². The third-order valence-electron chi connectivity index (χ3n) is 3.05. The topological polar surface area (TPSA) is 57.8 Å². The second kappa shape index (κ2) is 5.75. The van der Waals surface area contributed by atoms with Crippen LogP contribution in [0.15, 0.2) is 24.3 Å². The second-order valence-corrected chi connectivity index (χ2v) is 5.32. The number of rotatable bonds is 2. The fourth-order valence-electron chi connectivity index (χ4n) is 2.02. The van der Waals surface area contributed by atoms with Crippen LogP contribution in [0.3, 0.4) is 0 Å². The molecule has 0 spiro atoms. The van der Waals surface area contributed by atoms with E-state index in [1.165, 1.54) is 12.1 Å². The number of hydrogen-bond donors (Lipinski definition) is 2. The first kappa shape index (κ1) is 15.6. The van der Waals surface area contributed by atoms with Crippen molar-refractivity contribution < 1.29 is 18.0 Å². The number of carbonyl (C=O) groups is 1. The van der Waals surface area contributed by atoms with Crippen LogP contribution >= 0.6 is 23.2 Å². The minimum absolute atomic E-state index is 0.0559. The molecule has 0 aliphatic carbocycles. The van der Waals surface area contributed by atoms with Gasteiger partial charge in [-0.3, -0.25) is 4.79 Å². The van der Waals surface area contributed by atoms with Crippen LogP contribution in [0, 0.1) is 17.5 Å². The van der Waals surface area contributed by atoms with Crippen LogP contribution in [0.4, 0.5) is 18.9 Å². The Kier molecular flexibility index (Phi) is 3.91. The van der Waals surface area contributed by atoms with E-state index in [1.54, 1.807) is 0 Å². The van der Waals surface area contributed by atoms with Gasteiger partial charge < -0.3 is 10.3 Å². The predicted molar refractivity (Wildman–Crippen MR) is 80.4 cm³/mol. The van der Waals surface area contributed by atoms with Gasteiger partial charge >= 0.3 is 0 Å². The maximum absolute atomic E-state index is 13.7. The molecule has 118 valence electrons. The van der Waals surface area contributed by atoms with E-state index in [9.17, 15) is 18.0 Å². The van der Waals surface area contributed by atoms with Gasteiger partial charge in [-0.25, -0.2) is 18.2 Å². The maximum atomic E-state index is 13.7. The monoisotopic (exact) mass is 359 g/mol. The van der Waals surface area contributed by atoms with Crippen molar-refractivity contribution in [3.05, 3.63) is 57.6 Å².